The lowest BCUT2D eigenvalue weighted by atomic mass is 10.1. The molecule has 1 heterocycles. The zero-order chi connectivity index (χ0) is 14.5. The monoisotopic (exact) mass is 276 g/mol. The number of carbonyl (C=O) groups excluding carboxylic acids is 1. The molecule has 0 aliphatic carbocycles. The van der Waals surface area contributed by atoms with Gasteiger partial charge in [0.25, 0.3) is 5.95 Å². The number of hydrogen-bond donors (Lipinski definition) is 3. The van der Waals surface area contributed by atoms with Gasteiger partial charge in [-0.3, -0.25) is 10.1 Å². The minimum atomic E-state index is -0.977. The summed E-state index contributed by atoms with van der Waals surface area (Å²) >= 11 is 0. The summed E-state index contributed by atoms with van der Waals surface area (Å²) < 4.78 is 0. The topological polar surface area (TPSA) is 122 Å². The maximum Gasteiger partial charge on any atom is 0.326 e. The minimum absolute atomic E-state index is 0.0562. The standard InChI is InChI=1S/C11H12N6O3/c1-17-15-10(14-16-17)13-11(20)12-8-5-3-2-4-7(8)6-9(18)19/h2-5H,6H2,1H3,(H,18,19)(H2,12,13,15,20). The lowest BCUT2D eigenvalue weighted by Gasteiger charge is -2.09. The first-order valence-electron chi connectivity index (χ1n) is 5.66. The summed E-state index contributed by atoms with van der Waals surface area (Å²) in [6, 6.07) is 6.06. The van der Waals surface area contributed by atoms with E-state index in [-0.39, 0.29) is 12.4 Å². The highest BCUT2D eigenvalue weighted by molar-refractivity contribution is 5.99. The molecule has 0 saturated heterocycles. The van der Waals surface area contributed by atoms with Crippen molar-refractivity contribution in [2.75, 3.05) is 10.6 Å². The Labute approximate surface area is 113 Å². The number of aliphatic carboxylic acids is 1. The van der Waals surface area contributed by atoms with E-state index in [0.717, 1.165) is 0 Å². The Balaban J connectivity index is 2.05. The molecule has 0 aliphatic rings. The molecule has 0 spiro atoms. The zero-order valence-corrected chi connectivity index (χ0v) is 10.6. The molecule has 2 rings (SSSR count). The Bertz CT molecular complexity index is 639. The van der Waals surface area contributed by atoms with Crippen molar-refractivity contribution in [1.29, 1.82) is 0 Å². The second kappa shape index (κ2) is 5.78. The molecular weight excluding hydrogens is 264 g/mol. The van der Waals surface area contributed by atoms with E-state index in [1.807, 2.05) is 0 Å². The third-order valence-electron chi connectivity index (χ3n) is 2.34. The second-order valence-electron chi connectivity index (χ2n) is 3.91. The molecule has 2 aromatic rings. The van der Waals surface area contributed by atoms with Crippen LogP contribution in [0.1, 0.15) is 5.56 Å². The number of hydrogen-bond acceptors (Lipinski definition) is 5. The Kier molecular flexibility index (Phi) is 3.89. The third kappa shape index (κ3) is 3.51. The van der Waals surface area contributed by atoms with Crippen molar-refractivity contribution in [3.8, 4) is 0 Å². The van der Waals surface area contributed by atoms with Crippen LogP contribution in [0.2, 0.25) is 0 Å². The molecule has 0 fully saturated rings. The molecule has 104 valence electrons. The van der Waals surface area contributed by atoms with Gasteiger partial charge in [0.2, 0.25) is 0 Å². The van der Waals surface area contributed by atoms with Crippen LogP contribution in [-0.2, 0) is 18.3 Å². The number of nitrogens with one attached hydrogen (secondary N) is 2. The zero-order valence-electron chi connectivity index (χ0n) is 10.6. The van der Waals surface area contributed by atoms with Gasteiger partial charge >= 0.3 is 12.0 Å². The predicted octanol–water partition coefficient (Wildman–Crippen LogP) is 0.481. The van der Waals surface area contributed by atoms with E-state index in [0.29, 0.717) is 11.3 Å². The van der Waals surface area contributed by atoms with E-state index in [4.69, 9.17) is 5.11 Å². The van der Waals surface area contributed by atoms with Crippen molar-refractivity contribution in [3.63, 3.8) is 0 Å². The first-order chi connectivity index (χ1) is 9.54. The first-order valence-corrected chi connectivity index (χ1v) is 5.66. The van der Waals surface area contributed by atoms with Gasteiger partial charge in [-0.2, -0.15) is 4.80 Å². The lowest BCUT2D eigenvalue weighted by molar-refractivity contribution is -0.136. The quantitative estimate of drug-likeness (QED) is 0.746. The first kappa shape index (κ1) is 13.5. The number of rotatable bonds is 4. The van der Waals surface area contributed by atoms with Crippen molar-refractivity contribution in [1.82, 2.24) is 20.2 Å². The number of tetrazole rings is 1. The summed E-state index contributed by atoms with van der Waals surface area (Å²) in [6.07, 6.45) is -0.181. The molecule has 0 unspecified atom stereocenters. The second-order valence-corrected chi connectivity index (χ2v) is 3.91. The maximum absolute atomic E-state index is 11.7. The fraction of sp³-hybridized carbons (Fsp3) is 0.182. The van der Waals surface area contributed by atoms with E-state index in [1.54, 1.807) is 31.3 Å². The highest BCUT2D eigenvalue weighted by Gasteiger charge is 2.10. The van der Waals surface area contributed by atoms with Crippen LogP contribution < -0.4 is 10.6 Å². The summed E-state index contributed by atoms with van der Waals surface area (Å²) in [4.78, 5) is 23.7. The van der Waals surface area contributed by atoms with Crippen LogP contribution in [0.5, 0.6) is 0 Å². The van der Waals surface area contributed by atoms with Gasteiger partial charge in [0.15, 0.2) is 0 Å². The number of nitrogens with zero attached hydrogens (tertiary/aromatic N) is 4. The average molecular weight is 276 g/mol. The molecule has 9 nitrogen and oxygen atoms in total. The summed E-state index contributed by atoms with van der Waals surface area (Å²) in [5.74, 6) is -0.920. The number of aromatic nitrogens is 4. The molecule has 20 heavy (non-hydrogen) atoms. The van der Waals surface area contributed by atoms with Gasteiger partial charge in [-0.05, 0) is 16.8 Å². The van der Waals surface area contributed by atoms with Crippen LogP contribution in [0, 0.1) is 0 Å². The molecule has 3 N–H and O–H groups in total. The van der Waals surface area contributed by atoms with Gasteiger partial charge in [0, 0.05) is 5.69 Å². The minimum Gasteiger partial charge on any atom is -0.481 e. The average Bonchev–Trinajstić information content (AvgIpc) is 2.76. The summed E-state index contributed by atoms with van der Waals surface area (Å²) in [7, 11) is 1.57. The van der Waals surface area contributed by atoms with Crippen LogP contribution in [0.3, 0.4) is 0 Å². The molecule has 9 heteroatoms. The number of benzene rings is 1. The Hall–Kier alpha value is -2.97. The van der Waals surface area contributed by atoms with Crippen molar-refractivity contribution >= 4 is 23.6 Å². The molecule has 1 aromatic heterocycles. The normalized spacial score (nSPS) is 10.1. The van der Waals surface area contributed by atoms with Gasteiger partial charge in [-0.15, -0.1) is 5.10 Å². The van der Waals surface area contributed by atoms with Crippen LogP contribution in [0.4, 0.5) is 16.4 Å². The van der Waals surface area contributed by atoms with Crippen LogP contribution in [0.25, 0.3) is 0 Å². The van der Waals surface area contributed by atoms with Crippen LogP contribution in [0.15, 0.2) is 24.3 Å². The van der Waals surface area contributed by atoms with Gasteiger partial charge in [-0.1, -0.05) is 23.3 Å². The van der Waals surface area contributed by atoms with Gasteiger partial charge < -0.3 is 10.4 Å². The molecule has 0 aliphatic heterocycles. The Morgan fingerprint density at radius 2 is 2.05 bits per heavy atom. The van der Waals surface area contributed by atoms with Crippen LogP contribution in [-0.4, -0.2) is 37.3 Å². The third-order valence-corrected chi connectivity index (χ3v) is 2.34. The maximum atomic E-state index is 11.7. The molecule has 0 radical (unpaired) electrons. The van der Waals surface area contributed by atoms with E-state index in [2.05, 4.69) is 26.0 Å². The number of urea groups is 1. The largest absolute Gasteiger partial charge is 0.481 e. The summed E-state index contributed by atoms with van der Waals surface area (Å²) in [5.41, 5.74) is 0.915. The molecule has 0 bridgehead atoms. The number of amides is 2. The van der Waals surface area contributed by atoms with Crippen LogP contribution >= 0.6 is 0 Å². The SMILES string of the molecule is Cn1nnc(NC(=O)Nc2ccccc2CC(=O)O)n1. The van der Waals surface area contributed by atoms with Crippen molar-refractivity contribution < 1.29 is 14.7 Å². The highest BCUT2D eigenvalue weighted by Crippen LogP contribution is 2.15. The summed E-state index contributed by atoms with van der Waals surface area (Å²) in [6.45, 7) is 0. The van der Waals surface area contributed by atoms with E-state index < -0.39 is 12.0 Å². The molecule has 2 amide bonds. The van der Waals surface area contributed by atoms with E-state index in [1.165, 1.54) is 4.80 Å². The predicted molar refractivity (Wildman–Crippen MR) is 69.2 cm³/mol. The molecule has 0 saturated carbocycles. The van der Waals surface area contributed by atoms with Crippen molar-refractivity contribution in [2.24, 2.45) is 7.05 Å². The number of carboxylic acid groups (broad SMARTS) is 1. The number of carbonyl (C=O) groups is 2. The summed E-state index contributed by atoms with van der Waals surface area (Å²) in [5, 5.41) is 24.7. The van der Waals surface area contributed by atoms with Gasteiger partial charge in [0.1, 0.15) is 0 Å². The Morgan fingerprint density at radius 1 is 1.30 bits per heavy atom. The molecule has 1 aromatic carbocycles. The van der Waals surface area contributed by atoms with Gasteiger partial charge in [0.05, 0.1) is 13.5 Å². The highest BCUT2D eigenvalue weighted by atomic mass is 16.4. The smallest absolute Gasteiger partial charge is 0.326 e. The van der Waals surface area contributed by atoms with Crippen molar-refractivity contribution in [2.45, 2.75) is 6.42 Å². The lowest BCUT2D eigenvalue weighted by Crippen LogP contribution is -2.21. The van der Waals surface area contributed by atoms with E-state index in [9.17, 15) is 9.59 Å². The van der Waals surface area contributed by atoms with Gasteiger partial charge in [-0.25, -0.2) is 4.79 Å². The number of para-hydroxylation sites is 1. The number of carboxylic acids is 1. The van der Waals surface area contributed by atoms with E-state index >= 15 is 0 Å². The molecular formula is C11H12N6O3. The number of aryl methyl sites for hydroxylation is 1. The number of anilines is 2. The Morgan fingerprint density at radius 3 is 2.70 bits per heavy atom. The fourth-order valence-corrected chi connectivity index (χ4v) is 1.55. The van der Waals surface area contributed by atoms with Crippen molar-refractivity contribution in [3.05, 3.63) is 29.8 Å². The molecule has 0 atom stereocenters. The fourth-order valence-electron chi connectivity index (χ4n) is 1.55.